The molecule has 4 rings (SSSR count). The van der Waals surface area contributed by atoms with Gasteiger partial charge >= 0.3 is 0 Å². The van der Waals surface area contributed by atoms with Crippen molar-refractivity contribution in [1.29, 1.82) is 0 Å². The number of benzene rings is 2. The maximum atomic E-state index is 9.73. The number of rotatable bonds is 7. The van der Waals surface area contributed by atoms with E-state index in [0.29, 0.717) is 18.7 Å². The molecule has 30 heavy (non-hydrogen) atoms. The van der Waals surface area contributed by atoms with E-state index in [0.717, 1.165) is 11.5 Å². The summed E-state index contributed by atoms with van der Waals surface area (Å²) >= 11 is 0. The molecule has 1 aliphatic rings. The molecule has 4 atom stereocenters. The Morgan fingerprint density at radius 2 is 1.70 bits per heavy atom. The average molecular weight is 409 g/mol. The smallest absolute Gasteiger partial charge is 0.156 e. The number of hydrogen-bond donors (Lipinski definition) is 1. The summed E-state index contributed by atoms with van der Waals surface area (Å²) in [6, 6.07) is 15.9. The predicted octanol–water partition coefficient (Wildman–Crippen LogP) is 3.76. The molecule has 1 N–H and O–H groups in total. The quantitative estimate of drug-likeness (QED) is 0.640. The first-order valence-electron chi connectivity index (χ1n) is 10.2. The Bertz CT molecular complexity index is 953. The van der Waals surface area contributed by atoms with Gasteiger partial charge in [-0.1, -0.05) is 40.6 Å². The van der Waals surface area contributed by atoms with Crippen molar-refractivity contribution in [2.45, 2.75) is 51.7 Å². The van der Waals surface area contributed by atoms with Gasteiger partial charge < -0.3 is 19.3 Å². The number of ether oxygens (including phenoxy) is 3. The second-order valence-corrected chi connectivity index (χ2v) is 7.76. The Balaban J connectivity index is 1.48. The highest BCUT2D eigenvalue weighted by Crippen LogP contribution is 2.32. The van der Waals surface area contributed by atoms with Gasteiger partial charge in [-0.05, 0) is 45.0 Å². The van der Waals surface area contributed by atoms with Gasteiger partial charge in [0, 0.05) is 6.42 Å². The molecule has 3 aromatic rings. The summed E-state index contributed by atoms with van der Waals surface area (Å²) in [5.74, 6) is 1.58. The van der Waals surface area contributed by atoms with Gasteiger partial charge in [-0.2, -0.15) is 0 Å². The van der Waals surface area contributed by atoms with E-state index in [-0.39, 0.29) is 18.4 Å². The minimum absolute atomic E-state index is 0.206. The Labute approximate surface area is 176 Å². The van der Waals surface area contributed by atoms with Gasteiger partial charge in [0.1, 0.15) is 36.0 Å². The van der Waals surface area contributed by atoms with E-state index in [4.69, 9.17) is 14.2 Å². The number of hydrogen-bond acceptors (Lipinski definition) is 6. The van der Waals surface area contributed by atoms with Crippen LogP contribution in [0, 0.1) is 13.8 Å². The summed E-state index contributed by atoms with van der Waals surface area (Å²) in [6.45, 7) is 6.10. The molecule has 1 unspecified atom stereocenters. The fourth-order valence-corrected chi connectivity index (χ4v) is 3.36. The predicted molar refractivity (Wildman–Crippen MR) is 111 cm³/mol. The lowest BCUT2D eigenvalue weighted by Crippen LogP contribution is -2.32. The van der Waals surface area contributed by atoms with Gasteiger partial charge in [-0.3, -0.25) is 0 Å². The van der Waals surface area contributed by atoms with Crippen molar-refractivity contribution in [3.8, 4) is 11.5 Å². The molecule has 0 aliphatic carbocycles. The van der Waals surface area contributed by atoms with Gasteiger partial charge in [0.2, 0.25) is 0 Å². The van der Waals surface area contributed by atoms with Crippen LogP contribution in [0.15, 0.2) is 54.7 Å². The summed E-state index contributed by atoms with van der Waals surface area (Å²) < 4.78 is 20.1. The normalized spacial score (nSPS) is 22.1. The van der Waals surface area contributed by atoms with Crippen molar-refractivity contribution in [1.82, 2.24) is 15.0 Å². The van der Waals surface area contributed by atoms with Crippen molar-refractivity contribution in [2.75, 3.05) is 6.61 Å². The summed E-state index contributed by atoms with van der Waals surface area (Å²) in [5, 5.41) is 17.9. The number of nitrogens with zero attached hydrogens (tertiary/aromatic N) is 3. The van der Waals surface area contributed by atoms with Gasteiger partial charge in [-0.25, -0.2) is 4.68 Å². The lowest BCUT2D eigenvalue weighted by Gasteiger charge is -2.20. The zero-order valence-corrected chi connectivity index (χ0v) is 17.4. The topological polar surface area (TPSA) is 78.6 Å². The maximum Gasteiger partial charge on any atom is 0.156 e. The first-order valence-corrected chi connectivity index (χ1v) is 10.2. The molecule has 1 aromatic heterocycles. The fraction of sp³-hybridized carbons (Fsp3) is 0.391. The average Bonchev–Trinajstić information content (AvgIpc) is 3.37. The van der Waals surface area contributed by atoms with E-state index < -0.39 is 6.10 Å². The van der Waals surface area contributed by atoms with Gasteiger partial charge in [-0.15, -0.1) is 5.10 Å². The van der Waals surface area contributed by atoms with Crippen LogP contribution in [0.5, 0.6) is 11.5 Å². The highest BCUT2D eigenvalue weighted by molar-refractivity contribution is 5.27. The molecule has 0 spiro atoms. The van der Waals surface area contributed by atoms with E-state index in [1.165, 1.54) is 11.1 Å². The molecule has 7 heteroatoms. The molecule has 0 radical (unpaired) electrons. The van der Waals surface area contributed by atoms with Gasteiger partial charge in [0.25, 0.3) is 0 Å². The van der Waals surface area contributed by atoms with Gasteiger partial charge in [0.15, 0.2) is 6.23 Å². The largest absolute Gasteiger partial charge is 0.491 e. The summed E-state index contributed by atoms with van der Waals surface area (Å²) in [4.78, 5) is 0. The van der Waals surface area contributed by atoms with Crippen LogP contribution in [0.25, 0.3) is 0 Å². The number of aromatic nitrogens is 3. The first kappa shape index (κ1) is 20.4. The van der Waals surface area contributed by atoms with E-state index >= 15 is 0 Å². The van der Waals surface area contributed by atoms with Crippen LogP contribution >= 0.6 is 0 Å². The van der Waals surface area contributed by atoms with Crippen LogP contribution in [-0.2, 0) is 4.74 Å². The Kier molecular flexibility index (Phi) is 6.01. The lowest BCUT2D eigenvalue weighted by atomic mass is 10.1. The molecule has 158 valence electrons. The summed E-state index contributed by atoms with van der Waals surface area (Å²) in [5.41, 5.74) is 2.87. The third-order valence-electron chi connectivity index (χ3n) is 5.18. The van der Waals surface area contributed by atoms with Crippen LogP contribution in [0.3, 0.4) is 0 Å². The standard InChI is InChI=1S/C23H27N3O4/c1-15-4-8-18(9-5-15)28-14-22-21(29-19-10-6-16(2)7-11-19)12-23(30-22)26-13-20(17(3)27)24-25-26/h4-11,13,17,21-23,27H,12,14H2,1-3H3/t17?,21-,22+,23-/m0/s1. The molecule has 1 saturated heterocycles. The third kappa shape index (κ3) is 4.80. The Hall–Kier alpha value is -2.90. The highest BCUT2D eigenvalue weighted by atomic mass is 16.6. The summed E-state index contributed by atoms with van der Waals surface area (Å²) in [7, 11) is 0. The highest BCUT2D eigenvalue weighted by Gasteiger charge is 2.39. The first-order chi connectivity index (χ1) is 14.5. The SMILES string of the molecule is Cc1ccc(OC[C@H]2O[C@H](n3cc(C(C)O)nn3)C[C@@H]2Oc2ccc(C)cc2)cc1. The maximum absolute atomic E-state index is 9.73. The fourth-order valence-electron chi connectivity index (χ4n) is 3.36. The minimum atomic E-state index is -0.680. The van der Waals surface area contributed by atoms with Crippen molar-refractivity contribution in [2.24, 2.45) is 0 Å². The van der Waals surface area contributed by atoms with Gasteiger partial charge in [0.05, 0.1) is 12.3 Å². The molecule has 0 saturated carbocycles. The molecule has 1 fully saturated rings. The monoisotopic (exact) mass is 409 g/mol. The number of aliphatic hydroxyl groups excluding tert-OH is 1. The molecular weight excluding hydrogens is 382 g/mol. The van der Waals surface area contributed by atoms with Crippen molar-refractivity contribution in [3.05, 3.63) is 71.5 Å². The lowest BCUT2D eigenvalue weighted by molar-refractivity contribution is -0.0406. The zero-order valence-electron chi connectivity index (χ0n) is 17.4. The third-order valence-corrected chi connectivity index (χ3v) is 5.18. The van der Waals surface area contributed by atoms with Crippen LogP contribution in [-0.4, -0.2) is 38.9 Å². The van der Waals surface area contributed by atoms with Crippen molar-refractivity contribution < 1.29 is 19.3 Å². The van der Waals surface area contributed by atoms with Crippen LogP contribution in [0.2, 0.25) is 0 Å². The molecule has 0 amide bonds. The van der Waals surface area contributed by atoms with Crippen molar-refractivity contribution in [3.63, 3.8) is 0 Å². The molecule has 2 aromatic carbocycles. The molecule has 1 aliphatic heterocycles. The molecular formula is C23H27N3O4. The number of aryl methyl sites for hydroxylation is 2. The van der Waals surface area contributed by atoms with E-state index in [1.54, 1.807) is 17.8 Å². The molecule has 7 nitrogen and oxygen atoms in total. The van der Waals surface area contributed by atoms with Crippen LogP contribution < -0.4 is 9.47 Å². The van der Waals surface area contributed by atoms with E-state index in [9.17, 15) is 5.11 Å². The Morgan fingerprint density at radius 3 is 2.30 bits per heavy atom. The summed E-state index contributed by atoms with van der Waals surface area (Å²) in [6.07, 6.45) is 0.798. The second kappa shape index (κ2) is 8.85. The van der Waals surface area contributed by atoms with Crippen LogP contribution in [0.1, 0.15) is 42.5 Å². The Morgan fingerprint density at radius 1 is 1.07 bits per heavy atom. The minimum Gasteiger partial charge on any atom is -0.491 e. The van der Waals surface area contributed by atoms with E-state index in [1.807, 2.05) is 62.4 Å². The van der Waals surface area contributed by atoms with Crippen molar-refractivity contribution >= 4 is 0 Å². The molecule has 0 bridgehead atoms. The number of aliphatic hydroxyl groups is 1. The molecule has 2 heterocycles. The van der Waals surface area contributed by atoms with Crippen LogP contribution in [0.4, 0.5) is 0 Å². The zero-order chi connectivity index (χ0) is 21.1. The van der Waals surface area contributed by atoms with E-state index in [2.05, 4.69) is 10.3 Å². The second-order valence-electron chi connectivity index (χ2n) is 7.76.